The van der Waals surface area contributed by atoms with E-state index in [2.05, 4.69) is 64.6 Å². The van der Waals surface area contributed by atoms with Gasteiger partial charge in [-0.15, -0.1) is 0 Å². The van der Waals surface area contributed by atoms with Crippen molar-refractivity contribution in [2.45, 2.75) is 13.5 Å². The second-order valence-electron chi connectivity index (χ2n) is 7.56. The minimum atomic E-state index is -0.379. The molecule has 2 aromatic heterocycles. The summed E-state index contributed by atoms with van der Waals surface area (Å²) >= 11 is 0. The molecule has 0 aliphatic heterocycles. The molecule has 5 aromatic rings. The van der Waals surface area contributed by atoms with Gasteiger partial charge in [-0.3, -0.25) is 4.79 Å². The van der Waals surface area contributed by atoms with Gasteiger partial charge in [0.25, 0.3) is 0 Å². The number of nitrogens with one attached hydrogen (secondary N) is 1. The number of nitrogens with zero attached hydrogens (tertiary/aromatic N) is 2. The molecule has 0 atom stereocenters. The average molecular weight is 407 g/mol. The van der Waals surface area contributed by atoms with E-state index in [0.717, 1.165) is 28.4 Å². The molecule has 5 heteroatoms. The molecule has 1 amide bonds. The van der Waals surface area contributed by atoms with E-state index >= 15 is 0 Å². The van der Waals surface area contributed by atoms with Gasteiger partial charge in [0.2, 0.25) is 0 Å². The van der Waals surface area contributed by atoms with Crippen molar-refractivity contribution in [3.05, 3.63) is 108 Å². The lowest BCUT2D eigenvalue weighted by Crippen LogP contribution is -2.16. The van der Waals surface area contributed by atoms with E-state index < -0.39 is 0 Å². The molecule has 5 nitrogen and oxygen atoms in total. The first-order valence-corrected chi connectivity index (χ1v) is 10.1. The molecule has 3 aromatic carbocycles. The topological polar surface area (TPSA) is 59.5 Å². The van der Waals surface area contributed by atoms with E-state index in [1.807, 2.05) is 36.4 Å². The zero-order valence-electron chi connectivity index (χ0n) is 17.1. The summed E-state index contributed by atoms with van der Waals surface area (Å²) in [5.74, 6) is -0.143. The van der Waals surface area contributed by atoms with Crippen LogP contribution in [0.3, 0.4) is 0 Å². The summed E-state index contributed by atoms with van der Waals surface area (Å²) in [5.41, 5.74) is 7.77. The molecular formula is C26H21N3O2. The first-order valence-electron chi connectivity index (χ1n) is 10.1. The fourth-order valence-electron chi connectivity index (χ4n) is 3.71. The molecule has 1 N–H and O–H groups in total. The highest BCUT2D eigenvalue weighted by Gasteiger charge is 2.11. The lowest BCUT2D eigenvalue weighted by molar-refractivity contribution is 0.0929. The van der Waals surface area contributed by atoms with E-state index in [1.165, 1.54) is 11.1 Å². The van der Waals surface area contributed by atoms with Gasteiger partial charge in [0.15, 0.2) is 5.76 Å². The van der Waals surface area contributed by atoms with Gasteiger partial charge >= 0.3 is 5.91 Å². The quantitative estimate of drug-likeness (QED) is 0.309. The molecule has 0 saturated carbocycles. The molecule has 0 aliphatic rings. The van der Waals surface area contributed by atoms with Crippen LogP contribution in [0.15, 0.2) is 94.6 Å². The van der Waals surface area contributed by atoms with Crippen LogP contribution < -0.4 is 5.43 Å². The lowest BCUT2D eigenvalue weighted by Gasteiger charge is -2.06. The van der Waals surface area contributed by atoms with Crippen LogP contribution >= 0.6 is 0 Å². The van der Waals surface area contributed by atoms with E-state index in [-0.39, 0.29) is 11.7 Å². The standard InChI is InChI=1S/C26H21N3O2/c1-18-10-12-19(13-11-18)16-29-17-21(22-7-3-4-8-23(22)29)15-27-28-26(30)25-14-20-6-2-5-9-24(20)31-25/h2-15,17H,16H2,1H3,(H,28,30)/b27-15+. The Hall–Kier alpha value is -4.12. The number of carbonyl (C=O) groups excluding carboxylic acids is 1. The zero-order chi connectivity index (χ0) is 21.2. The maximum Gasteiger partial charge on any atom is 0.307 e. The van der Waals surface area contributed by atoms with E-state index in [4.69, 9.17) is 4.42 Å². The van der Waals surface area contributed by atoms with Crippen LogP contribution in [0.1, 0.15) is 27.2 Å². The number of hydrazone groups is 1. The molecule has 5 rings (SSSR count). The van der Waals surface area contributed by atoms with Crippen molar-refractivity contribution in [1.29, 1.82) is 0 Å². The van der Waals surface area contributed by atoms with Crippen LogP contribution in [0.5, 0.6) is 0 Å². The molecule has 0 saturated heterocycles. The smallest absolute Gasteiger partial charge is 0.307 e. The number of carbonyl (C=O) groups is 1. The first kappa shape index (κ1) is 18.9. The van der Waals surface area contributed by atoms with E-state index in [1.54, 1.807) is 12.3 Å². The number of fused-ring (bicyclic) bond motifs is 2. The Kier molecular flexibility index (Phi) is 4.84. The summed E-state index contributed by atoms with van der Waals surface area (Å²) < 4.78 is 7.79. The van der Waals surface area contributed by atoms with Crippen molar-refractivity contribution in [1.82, 2.24) is 9.99 Å². The monoisotopic (exact) mass is 407 g/mol. The van der Waals surface area contributed by atoms with Gasteiger partial charge in [-0.25, -0.2) is 5.43 Å². The number of aromatic nitrogens is 1. The third-order valence-corrected chi connectivity index (χ3v) is 5.31. The summed E-state index contributed by atoms with van der Waals surface area (Å²) in [6.45, 7) is 2.85. The number of hydrogen-bond acceptors (Lipinski definition) is 3. The van der Waals surface area contributed by atoms with E-state index in [0.29, 0.717) is 5.58 Å². The van der Waals surface area contributed by atoms with Crippen molar-refractivity contribution in [3.8, 4) is 0 Å². The van der Waals surface area contributed by atoms with Gasteiger partial charge in [-0.05, 0) is 30.7 Å². The van der Waals surface area contributed by atoms with Crippen molar-refractivity contribution in [3.63, 3.8) is 0 Å². The number of hydrogen-bond donors (Lipinski definition) is 1. The van der Waals surface area contributed by atoms with Gasteiger partial charge < -0.3 is 8.98 Å². The van der Waals surface area contributed by atoms with Crippen LogP contribution in [0.2, 0.25) is 0 Å². The maximum atomic E-state index is 12.4. The first-order chi connectivity index (χ1) is 15.2. The predicted octanol–water partition coefficient (Wildman–Crippen LogP) is 5.51. The molecule has 0 unspecified atom stereocenters. The van der Waals surface area contributed by atoms with Crippen LogP contribution in [-0.2, 0) is 6.54 Å². The predicted molar refractivity (Wildman–Crippen MR) is 123 cm³/mol. The largest absolute Gasteiger partial charge is 0.451 e. The highest BCUT2D eigenvalue weighted by Crippen LogP contribution is 2.22. The Morgan fingerprint density at radius 3 is 2.65 bits per heavy atom. The number of benzene rings is 3. The number of para-hydroxylation sites is 2. The highest BCUT2D eigenvalue weighted by atomic mass is 16.3. The molecule has 0 fully saturated rings. The third-order valence-electron chi connectivity index (χ3n) is 5.31. The van der Waals surface area contributed by atoms with Gasteiger partial charge in [0.05, 0.1) is 6.21 Å². The summed E-state index contributed by atoms with van der Waals surface area (Å²) in [6.07, 6.45) is 3.73. The molecule has 0 spiro atoms. The third kappa shape index (κ3) is 3.85. The number of rotatable bonds is 5. The van der Waals surface area contributed by atoms with Crippen LogP contribution in [0.25, 0.3) is 21.9 Å². The minimum absolute atomic E-state index is 0.236. The maximum absolute atomic E-state index is 12.4. The minimum Gasteiger partial charge on any atom is -0.451 e. The number of aryl methyl sites for hydroxylation is 1. The summed E-state index contributed by atoms with van der Waals surface area (Å²) in [5, 5.41) is 6.14. The summed E-state index contributed by atoms with van der Waals surface area (Å²) in [4.78, 5) is 12.4. The normalized spacial score (nSPS) is 11.5. The second-order valence-corrected chi connectivity index (χ2v) is 7.56. The van der Waals surface area contributed by atoms with Gasteiger partial charge in [-0.2, -0.15) is 5.10 Å². The average Bonchev–Trinajstić information content (AvgIpc) is 3.37. The molecule has 31 heavy (non-hydrogen) atoms. The Morgan fingerprint density at radius 2 is 1.81 bits per heavy atom. The lowest BCUT2D eigenvalue weighted by atomic mass is 10.1. The highest BCUT2D eigenvalue weighted by molar-refractivity contribution is 6.01. The van der Waals surface area contributed by atoms with Gasteiger partial charge in [0, 0.05) is 34.6 Å². The molecular weight excluding hydrogens is 386 g/mol. The molecule has 0 radical (unpaired) electrons. The van der Waals surface area contributed by atoms with E-state index in [9.17, 15) is 4.79 Å². The van der Waals surface area contributed by atoms with Gasteiger partial charge in [0.1, 0.15) is 5.58 Å². The Morgan fingerprint density at radius 1 is 1.03 bits per heavy atom. The zero-order valence-corrected chi connectivity index (χ0v) is 17.1. The molecule has 2 heterocycles. The number of furan rings is 1. The Bertz CT molecular complexity index is 1370. The Balaban J connectivity index is 1.37. The van der Waals surface area contributed by atoms with Crippen molar-refractivity contribution >= 4 is 34.0 Å². The second kappa shape index (κ2) is 7.95. The van der Waals surface area contributed by atoms with Crippen molar-refractivity contribution < 1.29 is 9.21 Å². The summed E-state index contributed by atoms with van der Waals surface area (Å²) in [7, 11) is 0. The number of amides is 1. The SMILES string of the molecule is Cc1ccc(Cn2cc(/C=N/NC(=O)c3cc4ccccc4o3)c3ccccc32)cc1. The van der Waals surface area contributed by atoms with Crippen LogP contribution in [-0.4, -0.2) is 16.7 Å². The van der Waals surface area contributed by atoms with Crippen molar-refractivity contribution in [2.24, 2.45) is 5.10 Å². The Labute approximate surface area is 179 Å². The van der Waals surface area contributed by atoms with Crippen molar-refractivity contribution in [2.75, 3.05) is 0 Å². The summed E-state index contributed by atoms with van der Waals surface area (Å²) in [6, 6.07) is 25.9. The van der Waals surface area contributed by atoms with Gasteiger partial charge in [-0.1, -0.05) is 66.2 Å². The molecule has 0 bridgehead atoms. The molecule has 152 valence electrons. The van der Waals surface area contributed by atoms with Crippen LogP contribution in [0, 0.1) is 6.92 Å². The fourth-order valence-corrected chi connectivity index (χ4v) is 3.71. The fraction of sp³-hybridized carbons (Fsp3) is 0.0769. The molecule has 0 aliphatic carbocycles. The van der Waals surface area contributed by atoms with Crippen LogP contribution in [0.4, 0.5) is 0 Å².